The molecular weight excluding hydrogens is 656 g/mol. The van der Waals surface area contributed by atoms with E-state index in [0.717, 1.165) is 12.0 Å². The molecule has 0 aromatic heterocycles. The smallest absolute Gasteiger partial charge is 0.329 e. The van der Waals surface area contributed by atoms with Crippen molar-refractivity contribution in [2.24, 2.45) is 0 Å². The summed E-state index contributed by atoms with van der Waals surface area (Å²) in [7, 11) is 0. The van der Waals surface area contributed by atoms with Crippen molar-refractivity contribution in [3.63, 3.8) is 0 Å². The standard InChI is InChI=1S/C24H16F2I2N2O3/c25-17-6-4-14(5-7-17)12-30-23(31)21(29-24(30)32)11-16-9-19(27)22(20(28)10-16)33-13-15-2-1-3-18(26)8-15/h1-11H,12-13H2,(H,29,32)/b21-11+. The topological polar surface area (TPSA) is 58.6 Å². The van der Waals surface area contributed by atoms with Gasteiger partial charge >= 0.3 is 6.03 Å². The summed E-state index contributed by atoms with van der Waals surface area (Å²) < 4.78 is 34.0. The van der Waals surface area contributed by atoms with E-state index in [-0.39, 0.29) is 30.5 Å². The van der Waals surface area contributed by atoms with Crippen LogP contribution in [0.5, 0.6) is 5.75 Å². The summed E-state index contributed by atoms with van der Waals surface area (Å²) in [6.45, 7) is 0.265. The summed E-state index contributed by atoms with van der Waals surface area (Å²) in [5.41, 5.74) is 2.23. The summed E-state index contributed by atoms with van der Waals surface area (Å²) in [5.74, 6) is -0.508. The maximum Gasteiger partial charge on any atom is 0.329 e. The van der Waals surface area contributed by atoms with Crippen LogP contribution in [0.4, 0.5) is 13.6 Å². The van der Waals surface area contributed by atoms with E-state index in [4.69, 9.17) is 4.74 Å². The van der Waals surface area contributed by atoms with Crippen LogP contribution in [0, 0.1) is 18.8 Å². The number of hydrogen-bond donors (Lipinski definition) is 1. The van der Waals surface area contributed by atoms with Crippen LogP contribution in [0.1, 0.15) is 16.7 Å². The Kier molecular flexibility index (Phi) is 7.27. The first kappa shape index (κ1) is 23.6. The lowest BCUT2D eigenvalue weighted by atomic mass is 10.1. The Bertz CT molecular complexity index is 1240. The molecule has 3 aromatic rings. The lowest BCUT2D eigenvalue weighted by Gasteiger charge is -2.12. The number of rotatable bonds is 6. The van der Waals surface area contributed by atoms with Crippen LogP contribution in [0.25, 0.3) is 6.08 Å². The highest BCUT2D eigenvalue weighted by atomic mass is 127. The number of nitrogens with one attached hydrogen (secondary N) is 1. The molecule has 9 heteroatoms. The normalized spacial score (nSPS) is 14.7. The highest BCUT2D eigenvalue weighted by molar-refractivity contribution is 14.1. The van der Waals surface area contributed by atoms with E-state index in [1.807, 2.05) is 12.1 Å². The van der Waals surface area contributed by atoms with E-state index in [0.29, 0.717) is 22.4 Å². The van der Waals surface area contributed by atoms with Gasteiger partial charge in [0.2, 0.25) is 0 Å². The summed E-state index contributed by atoms with van der Waals surface area (Å²) >= 11 is 4.26. The van der Waals surface area contributed by atoms with Crippen LogP contribution in [0.2, 0.25) is 0 Å². The number of ether oxygens (including phenoxy) is 1. The van der Waals surface area contributed by atoms with Crippen molar-refractivity contribution in [3.8, 4) is 5.75 Å². The molecule has 1 saturated heterocycles. The van der Waals surface area contributed by atoms with Gasteiger partial charge in [-0.15, -0.1) is 0 Å². The molecule has 1 fully saturated rings. The molecule has 1 heterocycles. The number of imide groups is 1. The highest BCUT2D eigenvalue weighted by Crippen LogP contribution is 2.31. The second kappa shape index (κ2) is 10.2. The number of carbonyl (C=O) groups is 2. The summed E-state index contributed by atoms with van der Waals surface area (Å²) in [6, 6.07) is 15.0. The van der Waals surface area contributed by atoms with Crippen LogP contribution in [0.3, 0.4) is 0 Å². The van der Waals surface area contributed by atoms with Crippen molar-refractivity contribution in [1.29, 1.82) is 0 Å². The van der Waals surface area contributed by atoms with Crippen molar-refractivity contribution in [2.75, 3.05) is 0 Å². The fourth-order valence-electron chi connectivity index (χ4n) is 3.24. The van der Waals surface area contributed by atoms with Crippen LogP contribution >= 0.6 is 45.2 Å². The number of nitrogens with zero attached hydrogens (tertiary/aromatic N) is 1. The van der Waals surface area contributed by atoms with Crippen molar-refractivity contribution >= 4 is 63.2 Å². The van der Waals surface area contributed by atoms with Crippen LogP contribution in [-0.2, 0) is 17.9 Å². The minimum atomic E-state index is -0.532. The molecule has 0 radical (unpaired) electrons. The second-order valence-electron chi connectivity index (χ2n) is 7.24. The fourth-order valence-corrected chi connectivity index (χ4v) is 5.36. The maximum atomic E-state index is 13.4. The van der Waals surface area contributed by atoms with Gasteiger partial charge in [-0.3, -0.25) is 9.69 Å². The third-order valence-electron chi connectivity index (χ3n) is 4.82. The molecule has 33 heavy (non-hydrogen) atoms. The number of hydrogen-bond acceptors (Lipinski definition) is 3. The van der Waals surface area contributed by atoms with Gasteiger partial charge in [-0.25, -0.2) is 13.6 Å². The van der Waals surface area contributed by atoms with Crippen molar-refractivity contribution in [3.05, 3.63) is 102 Å². The minimum Gasteiger partial charge on any atom is -0.487 e. The van der Waals surface area contributed by atoms with Gasteiger partial charge in [0.05, 0.1) is 13.7 Å². The van der Waals surface area contributed by atoms with E-state index >= 15 is 0 Å². The number of urea groups is 1. The van der Waals surface area contributed by atoms with E-state index in [9.17, 15) is 18.4 Å². The van der Waals surface area contributed by atoms with Crippen LogP contribution in [-0.4, -0.2) is 16.8 Å². The Morgan fingerprint density at radius 2 is 1.61 bits per heavy atom. The number of benzene rings is 3. The molecule has 0 saturated carbocycles. The molecule has 0 aliphatic carbocycles. The summed E-state index contributed by atoms with van der Waals surface area (Å²) in [4.78, 5) is 26.1. The molecule has 4 rings (SSSR count). The van der Waals surface area contributed by atoms with Gasteiger partial charge in [0.1, 0.15) is 29.7 Å². The lowest BCUT2D eigenvalue weighted by molar-refractivity contribution is -0.123. The molecule has 1 N–H and O–H groups in total. The Hall–Kier alpha value is -2.54. The van der Waals surface area contributed by atoms with Gasteiger partial charge in [0, 0.05) is 0 Å². The Labute approximate surface area is 216 Å². The van der Waals surface area contributed by atoms with E-state index < -0.39 is 11.9 Å². The third kappa shape index (κ3) is 5.69. The molecule has 1 aliphatic heterocycles. The third-order valence-corrected chi connectivity index (χ3v) is 6.42. The first-order valence-corrected chi connectivity index (χ1v) is 11.9. The zero-order valence-corrected chi connectivity index (χ0v) is 21.3. The van der Waals surface area contributed by atoms with E-state index in [2.05, 4.69) is 50.5 Å². The molecule has 0 spiro atoms. The van der Waals surface area contributed by atoms with Gasteiger partial charge in [-0.2, -0.15) is 0 Å². The van der Waals surface area contributed by atoms with E-state index in [1.54, 1.807) is 18.2 Å². The van der Waals surface area contributed by atoms with Crippen molar-refractivity contribution < 1.29 is 23.1 Å². The molecule has 168 valence electrons. The molecule has 5 nitrogen and oxygen atoms in total. The van der Waals surface area contributed by atoms with Gasteiger partial charge in [0.15, 0.2) is 0 Å². The first-order chi connectivity index (χ1) is 15.8. The predicted octanol–water partition coefficient (Wildman–Crippen LogP) is 5.85. The average molecular weight is 672 g/mol. The molecule has 0 bridgehead atoms. The predicted molar refractivity (Wildman–Crippen MR) is 136 cm³/mol. The molecular formula is C24H16F2I2N2O3. The van der Waals surface area contributed by atoms with Crippen LogP contribution < -0.4 is 10.1 Å². The Balaban J connectivity index is 1.49. The quantitative estimate of drug-likeness (QED) is 0.204. The monoisotopic (exact) mass is 672 g/mol. The van der Waals surface area contributed by atoms with Gasteiger partial charge < -0.3 is 10.1 Å². The lowest BCUT2D eigenvalue weighted by Crippen LogP contribution is -2.30. The zero-order chi connectivity index (χ0) is 23.5. The highest BCUT2D eigenvalue weighted by Gasteiger charge is 2.33. The number of halogens is 4. The second-order valence-corrected chi connectivity index (χ2v) is 9.56. The van der Waals surface area contributed by atoms with Crippen molar-refractivity contribution in [1.82, 2.24) is 10.2 Å². The molecule has 1 aliphatic rings. The maximum absolute atomic E-state index is 13.4. The first-order valence-electron chi connectivity index (χ1n) is 9.75. The summed E-state index contributed by atoms with van der Waals surface area (Å²) in [6.07, 6.45) is 1.60. The molecule has 0 atom stereocenters. The van der Waals surface area contributed by atoms with Crippen LogP contribution in [0.15, 0.2) is 66.4 Å². The Morgan fingerprint density at radius 1 is 0.909 bits per heavy atom. The van der Waals surface area contributed by atoms with Crippen molar-refractivity contribution in [2.45, 2.75) is 13.2 Å². The molecule has 3 amide bonds. The van der Waals surface area contributed by atoms with E-state index in [1.165, 1.54) is 36.4 Å². The van der Waals surface area contributed by atoms with Gasteiger partial charge in [-0.05, 0) is 104 Å². The molecule has 3 aromatic carbocycles. The fraction of sp³-hybridized carbons (Fsp3) is 0.0833. The average Bonchev–Trinajstić information content (AvgIpc) is 3.02. The van der Waals surface area contributed by atoms with Gasteiger partial charge in [-0.1, -0.05) is 24.3 Å². The molecule has 0 unspecified atom stereocenters. The number of carbonyl (C=O) groups excluding carboxylic acids is 2. The summed E-state index contributed by atoms with van der Waals surface area (Å²) in [5, 5.41) is 2.59. The van der Waals surface area contributed by atoms with Gasteiger partial charge in [0.25, 0.3) is 5.91 Å². The Morgan fingerprint density at radius 3 is 2.27 bits per heavy atom. The zero-order valence-electron chi connectivity index (χ0n) is 16.9. The SMILES string of the molecule is O=C1N/C(=C/c2cc(I)c(OCc3cccc(F)c3)c(I)c2)C(=O)N1Cc1ccc(F)cc1. The minimum absolute atomic E-state index is 0.0458. The largest absolute Gasteiger partial charge is 0.487 e. The number of amides is 3.